The van der Waals surface area contributed by atoms with Crippen LogP contribution in [-0.4, -0.2) is 35.7 Å². The molecule has 1 aromatic carbocycles. The minimum Gasteiger partial charge on any atom is -0.505 e. The van der Waals surface area contributed by atoms with Crippen molar-refractivity contribution in [1.29, 1.82) is 0 Å². The van der Waals surface area contributed by atoms with Gasteiger partial charge < -0.3 is 15.3 Å². The maximum atomic E-state index is 13.2. The number of anilines is 1. The first-order chi connectivity index (χ1) is 8.22. The number of halogens is 1. The van der Waals surface area contributed by atoms with Crippen molar-refractivity contribution in [2.45, 2.75) is 18.9 Å². The number of nitrogens with one attached hydrogen (secondary N) is 1. The molecule has 3 nitrogen and oxygen atoms in total. The van der Waals surface area contributed by atoms with Gasteiger partial charge in [-0.2, -0.15) is 0 Å². The molecule has 1 unspecified atom stereocenters. The van der Waals surface area contributed by atoms with Crippen LogP contribution in [0.5, 0.6) is 5.75 Å². The van der Waals surface area contributed by atoms with Gasteiger partial charge in [0, 0.05) is 24.3 Å². The third-order valence-corrected chi connectivity index (χ3v) is 3.96. The van der Waals surface area contributed by atoms with Gasteiger partial charge in [0.2, 0.25) is 0 Å². The van der Waals surface area contributed by atoms with E-state index < -0.39 is 5.82 Å². The summed E-state index contributed by atoms with van der Waals surface area (Å²) in [5.74, 6) is -0.141. The molecule has 3 aliphatic rings. The van der Waals surface area contributed by atoms with Crippen molar-refractivity contribution in [3.05, 3.63) is 24.0 Å². The Balaban J connectivity index is 1.72. The molecule has 3 fully saturated rings. The molecule has 3 saturated heterocycles. The molecule has 3 heterocycles. The van der Waals surface area contributed by atoms with Crippen LogP contribution in [0.25, 0.3) is 0 Å². The monoisotopic (exact) mass is 236 g/mol. The molecule has 4 heteroatoms. The third-order valence-electron chi connectivity index (χ3n) is 3.96. The summed E-state index contributed by atoms with van der Waals surface area (Å²) in [6.45, 7) is 3.45. The van der Waals surface area contributed by atoms with Gasteiger partial charge in [-0.05, 0) is 44.0 Å². The molecule has 17 heavy (non-hydrogen) atoms. The van der Waals surface area contributed by atoms with Gasteiger partial charge in [-0.25, -0.2) is 4.39 Å². The minimum absolute atomic E-state index is 0.288. The van der Waals surface area contributed by atoms with Crippen LogP contribution >= 0.6 is 0 Å². The van der Waals surface area contributed by atoms with E-state index in [1.165, 1.54) is 38.1 Å². The first-order valence-electron chi connectivity index (χ1n) is 6.20. The SMILES string of the molecule is Oc1ccc(NC2CN3CCC2CC3)cc1F. The van der Waals surface area contributed by atoms with Crippen LogP contribution in [0, 0.1) is 11.7 Å². The van der Waals surface area contributed by atoms with Gasteiger partial charge >= 0.3 is 0 Å². The molecule has 0 radical (unpaired) electrons. The summed E-state index contributed by atoms with van der Waals surface area (Å²) in [4.78, 5) is 2.45. The molecule has 0 amide bonds. The fraction of sp³-hybridized carbons (Fsp3) is 0.538. The van der Waals surface area contributed by atoms with E-state index in [0.717, 1.165) is 12.2 Å². The highest BCUT2D eigenvalue weighted by Crippen LogP contribution is 2.30. The summed E-state index contributed by atoms with van der Waals surface area (Å²) >= 11 is 0. The number of hydrogen-bond acceptors (Lipinski definition) is 3. The Morgan fingerprint density at radius 1 is 1.29 bits per heavy atom. The molecular weight excluding hydrogens is 219 g/mol. The minimum atomic E-state index is -0.559. The first-order valence-corrected chi connectivity index (χ1v) is 6.20. The van der Waals surface area contributed by atoms with Gasteiger partial charge in [-0.1, -0.05) is 0 Å². The largest absolute Gasteiger partial charge is 0.505 e. The summed E-state index contributed by atoms with van der Waals surface area (Å²) in [7, 11) is 0. The van der Waals surface area contributed by atoms with Crippen molar-refractivity contribution >= 4 is 5.69 Å². The van der Waals surface area contributed by atoms with Gasteiger partial charge in [-0.15, -0.1) is 0 Å². The second-order valence-electron chi connectivity index (χ2n) is 5.06. The highest BCUT2D eigenvalue weighted by atomic mass is 19.1. The molecule has 0 saturated carbocycles. The van der Waals surface area contributed by atoms with Crippen LogP contribution in [0.4, 0.5) is 10.1 Å². The lowest BCUT2D eigenvalue weighted by atomic mass is 9.84. The van der Waals surface area contributed by atoms with E-state index in [2.05, 4.69) is 10.2 Å². The fourth-order valence-corrected chi connectivity index (χ4v) is 2.94. The number of rotatable bonds is 2. The highest BCUT2D eigenvalue weighted by molar-refractivity contribution is 5.48. The van der Waals surface area contributed by atoms with E-state index in [1.54, 1.807) is 6.07 Å². The molecule has 2 bridgehead atoms. The van der Waals surface area contributed by atoms with Crippen LogP contribution in [0.1, 0.15) is 12.8 Å². The number of hydrogen-bond donors (Lipinski definition) is 2. The van der Waals surface area contributed by atoms with Crippen LogP contribution < -0.4 is 5.32 Å². The number of benzene rings is 1. The number of phenols is 1. The lowest BCUT2D eigenvalue weighted by molar-refractivity contribution is 0.0975. The highest BCUT2D eigenvalue weighted by Gasteiger charge is 2.33. The summed E-state index contributed by atoms with van der Waals surface area (Å²) < 4.78 is 13.2. The molecule has 2 N–H and O–H groups in total. The standard InChI is InChI=1S/C13H17FN2O/c14-11-7-10(1-2-13(11)17)15-12-8-16-5-3-9(12)4-6-16/h1-2,7,9,12,15,17H,3-6,8H2. The average Bonchev–Trinajstić information content (AvgIpc) is 2.35. The van der Waals surface area contributed by atoms with Gasteiger partial charge in [0.1, 0.15) is 0 Å². The van der Waals surface area contributed by atoms with E-state index >= 15 is 0 Å². The second kappa shape index (κ2) is 4.18. The molecule has 1 atom stereocenters. The number of fused-ring (bicyclic) bond motifs is 3. The molecule has 0 spiro atoms. The van der Waals surface area contributed by atoms with E-state index in [4.69, 9.17) is 5.11 Å². The zero-order chi connectivity index (χ0) is 11.8. The zero-order valence-electron chi connectivity index (χ0n) is 9.69. The Morgan fingerprint density at radius 2 is 2.06 bits per heavy atom. The topological polar surface area (TPSA) is 35.5 Å². The van der Waals surface area contributed by atoms with Crippen molar-refractivity contribution in [1.82, 2.24) is 4.90 Å². The van der Waals surface area contributed by atoms with Crippen LogP contribution in [-0.2, 0) is 0 Å². The van der Waals surface area contributed by atoms with E-state index in [1.807, 2.05) is 0 Å². The number of phenolic OH excluding ortho intramolecular Hbond substituents is 1. The normalized spacial score (nSPS) is 31.5. The number of nitrogens with zero attached hydrogens (tertiary/aromatic N) is 1. The van der Waals surface area contributed by atoms with E-state index in [-0.39, 0.29) is 5.75 Å². The molecule has 3 aliphatic heterocycles. The lowest BCUT2D eigenvalue weighted by Crippen LogP contribution is -2.53. The van der Waals surface area contributed by atoms with Crippen molar-refractivity contribution < 1.29 is 9.50 Å². The molecule has 1 aromatic rings. The zero-order valence-corrected chi connectivity index (χ0v) is 9.69. The summed E-state index contributed by atoms with van der Waals surface area (Å²) in [5, 5.41) is 12.5. The molecule has 0 aliphatic carbocycles. The maximum Gasteiger partial charge on any atom is 0.166 e. The van der Waals surface area contributed by atoms with Crippen molar-refractivity contribution in [2.75, 3.05) is 25.0 Å². The third kappa shape index (κ3) is 2.09. The molecule has 4 rings (SSSR count). The maximum absolute atomic E-state index is 13.2. The van der Waals surface area contributed by atoms with Crippen molar-refractivity contribution in [3.8, 4) is 5.75 Å². The van der Waals surface area contributed by atoms with Gasteiger partial charge in [-0.3, -0.25) is 0 Å². The molecule has 0 aromatic heterocycles. The Morgan fingerprint density at radius 3 is 2.65 bits per heavy atom. The number of piperidine rings is 3. The van der Waals surface area contributed by atoms with Crippen LogP contribution in [0.3, 0.4) is 0 Å². The summed E-state index contributed by atoms with van der Waals surface area (Å²) in [6.07, 6.45) is 2.47. The Hall–Kier alpha value is -1.29. The molecular formula is C13H17FN2O. The van der Waals surface area contributed by atoms with Crippen molar-refractivity contribution in [3.63, 3.8) is 0 Å². The van der Waals surface area contributed by atoms with E-state index in [0.29, 0.717) is 12.0 Å². The summed E-state index contributed by atoms with van der Waals surface area (Å²) in [5.41, 5.74) is 0.763. The predicted octanol–water partition coefficient (Wildman–Crippen LogP) is 2.04. The first kappa shape index (κ1) is 10.8. The quantitative estimate of drug-likeness (QED) is 0.771. The van der Waals surface area contributed by atoms with Gasteiger partial charge in [0.15, 0.2) is 11.6 Å². The Bertz CT molecular complexity index is 416. The number of aromatic hydroxyl groups is 1. The predicted molar refractivity (Wildman–Crippen MR) is 64.6 cm³/mol. The van der Waals surface area contributed by atoms with Gasteiger partial charge in [0.25, 0.3) is 0 Å². The van der Waals surface area contributed by atoms with Crippen molar-refractivity contribution in [2.24, 2.45) is 5.92 Å². The second-order valence-corrected chi connectivity index (χ2v) is 5.06. The van der Waals surface area contributed by atoms with Crippen LogP contribution in [0.15, 0.2) is 18.2 Å². The Kier molecular flexibility index (Phi) is 2.67. The van der Waals surface area contributed by atoms with Crippen LogP contribution in [0.2, 0.25) is 0 Å². The lowest BCUT2D eigenvalue weighted by Gasteiger charge is -2.45. The summed E-state index contributed by atoms with van der Waals surface area (Å²) in [6, 6.07) is 4.92. The van der Waals surface area contributed by atoms with E-state index in [9.17, 15) is 4.39 Å². The molecule has 92 valence electrons. The fourth-order valence-electron chi connectivity index (χ4n) is 2.94. The Labute approximate surface area is 100 Å². The average molecular weight is 236 g/mol. The smallest absolute Gasteiger partial charge is 0.166 e. The van der Waals surface area contributed by atoms with Gasteiger partial charge in [0.05, 0.1) is 0 Å².